The van der Waals surface area contributed by atoms with Crippen LogP contribution in [0.4, 0.5) is 5.69 Å². The maximum Gasteiger partial charge on any atom is 0.325 e. The second-order valence-corrected chi connectivity index (χ2v) is 4.12. The molecule has 0 saturated heterocycles. The molecule has 0 saturated carbocycles. The van der Waals surface area contributed by atoms with Crippen LogP contribution in [0.25, 0.3) is 0 Å². The summed E-state index contributed by atoms with van der Waals surface area (Å²) in [6.07, 6.45) is 0. The van der Waals surface area contributed by atoms with E-state index in [2.05, 4.69) is 21.2 Å². The van der Waals surface area contributed by atoms with E-state index in [-0.39, 0.29) is 0 Å². The molecule has 0 aliphatic heterocycles. The fourth-order valence-corrected chi connectivity index (χ4v) is 1.39. The van der Waals surface area contributed by atoms with Gasteiger partial charge in [0.15, 0.2) is 0 Å². The van der Waals surface area contributed by atoms with Gasteiger partial charge in [0.25, 0.3) is 5.91 Å². The molecule has 0 heterocycles. The minimum Gasteiger partial charge on any atom is -0.480 e. The number of nitrogens with one attached hydrogen (secondary N) is 1. The highest BCUT2D eigenvalue weighted by atomic mass is 79.9. The van der Waals surface area contributed by atoms with Crippen molar-refractivity contribution in [3.05, 3.63) is 28.2 Å². The highest BCUT2D eigenvalue weighted by molar-refractivity contribution is 9.10. The number of halogens is 1. The molecule has 1 rings (SSSR count). The topological polar surface area (TPSA) is 92.4 Å². The summed E-state index contributed by atoms with van der Waals surface area (Å²) in [4.78, 5) is 22.1. The molecule has 86 valence electrons. The van der Waals surface area contributed by atoms with Gasteiger partial charge in [-0.15, -0.1) is 0 Å². The minimum atomic E-state index is -1.08. The first kappa shape index (κ1) is 12.5. The summed E-state index contributed by atoms with van der Waals surface area (Å²) in [6, 6.07) is 3.72. The number of anilines is 1. The third kappa shape index (κ3) is 2.96. The van der Waals surface area contributed by atoms with Gasteiger partial charge < -0.3 is 16.2 Å². The van der Waals surface area contributed by atoms with Crippen molar-refractivity contribution in [1.29, 1.82) is 0 Å². The molecule has 0 aliphatic rings. The van der Waals surface area contributed by atoms with E-state index in [1.165, 1.54) is 13.0 Å². The second-order valence-electron chi connectivity index (χ2n) is 3.27. The molecule has 0 spiro atoms. The Hall–Kier alpha value is -1.56. The lowest BCUT2D eigenvalue weighted by Gasteiger charge is -2.09. The van der Waals surface area contributed by atoms with Crippen LogP contribution in [0.15, 0.2) is 22.7 Å². The second kappa shape index (κ2) is 4.98. The molecule has 4 N–H and O–H groups in total. The molecule has 0 aromatic heterocycles. The Morgan fingerprint density at radius 2 is 2.12 bits per heavy atom. The fourth-order valence-electron chi connectivity index (χ4n) is 1.01. The summed E-state index contributed by atoms with van der Waals surface area (Å²) in [5, 5.41) is 11.0. The van der Waals surface area contributed by atoms with Crippen LogP contribution in [0.5, 0.6) is 0 Å². The zero-order chi connectivity index (χ0) is 12.3. The number of aliphatic carboxylic acids is 1. The maximum absolute atomic E-state index is 11.6. The van der Waals surface area contributed by atoms with Gasteiger partial charge in [-0.25, -0.2) is 0 Å². The highest BCUT2D eigenvalue weighted by Gasteiger charge is 2.15. The molecule has 0 unspecified atom stereocenters. The first-order valence-corrected chi connectivity index (χ1v) is 5.30. The number of hydrogen-bond acceptors (Lipinski definition) is 3. The lowest BCUT2D eigenvalue weighted by atomic mass is 10.2. The molecular weight excluding hydrogens is 276 g/mol. The Morgan fingerprint density at radius 1 is 1.50 bits per heavy atom. The van der Waals surface area contributed by atoms with E-state index >= 15 is 0 Å². The highest BCUT2D eigenvalue weighted by Crippen LogP contribution is 2.20. The number of rotatable bonds is 3. The van der Waals surface area contributed by atoms with E-state index in [0.717, 1.165) is 0 Å². The first-order chi connectivity index (χ1) is 7.41. The molecule has 0 aliphatic carbocycles. The molecule has 0 bridgehead atoms. The third-order valence-electron chi connectivity index (χ3n) is 1.98. The summed E-state index contributed by atoms with van der Waals surface area (Å²) < 4.78 is 0.600. The predicted octanol–water partition coefficient (Wildman–Crippen LogP) is 1.23. The Balaban J connectivity index is 2.81. The average Bonchev–Trinajstić information content (AvgIpc) is 2.21. The molecule has 6 heteroatoms. The van der Waals surface area contributed by atoms with Gasteiger partial charge >= 0.3 is 5.97 Å². The standard InChI is InChI=1S/C10H11BrN2O3/c1-5(10(15)16)13-9(14)6-2-3-8(12)7(11)4-6/h2-5H,12H2,1H3,(H,13,14)(H,15,16)/t5-/m0/s1. The van der Waals surface area contributed by atoms with Crippen molar-refractivity contribution in [1.82, 2.24) is 5.32 Å². The van der Waals surface area contributed by atoms with E-state index in [4.69, 9.17) is 10.8 Å². The van der Waals surface area contributed by atoms with E-state index in [1.807, 2.05) is 0 Å². The van der Waals surface area contributed by atoms with Crippen molar-refractivity contribution in [3.8, 4) is 0 Å². The number of hydrogen-bond donors (Lipinski definition) is 3. The normalized spacial score (nSPS) is 11.9. The Labute approximate surface area is 101 Å². The van der Waals surface area contributed by atoms with Gasteiger partial charge in [-0.1, -0.05) is 0 Å². The van der Waals surface area contributed by atoms with Crippen molar-refractivity contribution < 1.29 is 14.7 Å². The van der Waals surface area contributed by atoms with Gasteiger partial charge in [-0.05, 0) is 41.1 Å². The van der Waals surface area contributed by atoms with Crippen LogP contribution < -0.4 is 11.1 Å². The van der Waals surface area contributed by atoms with Gasteiger partial charge in [0, 0.05) is 15.7 Å². The van der Waals surface area contributed by atoms with Crippen LogP contribution in [0.2, 0.25) is 0 Å². The van der Waals surface area contributed by atoms with Crippen molar-refractivity contribution in [2.75, 3.05) is 5.73 Å². The van der Waals surface area contributed by atoms with E-state index < -0.39 is 17.9 Å². The lowest BCUT2D eigenvalue weighted by Crippen LogP contribution is -2.38. The number of carbonyl (C=O) groups excluding carboxylic acids is 1. The fraction of sp³-hybridized carbons (Fsp3) is 0.200. The van der Waals surface area contributed by atoms with E-state index in [9.17, 15) is 9.59 Å². The van der Waals surface area contributed by atoms with Crippen molar-refractivity contribution in [2.45, 2.75) is 13.0 Å². The third-order valence-corrected chi connectivity index (χ3v) is 2.67. The number of carboxylic acids is 1. The quantitative estimate of drug-likeness (QED) is 0.729. The molecule has 0 radical (unpaired) electrons. The monoisotopic (exact) mass is 286 g/mol. The lowest BCUT2D eigenvalue weighted by molar-refractivity contribution is -0.138. The number of carboxylic acid groups (broad SMARTS) is 1. The van der Waals surface area contributed by atoms with Crippen molar-refractivity contribution in [2.24, 2.45) is 0 Å². The Morgan fingerprint density at radius 3 is 2.62 bits per heavy atom. The van der Waals surface area contributed by atoms with Crippen LogP contribution in [-0.4, -0.2) is 23.0 Å². The summed E-state index contributed by atoms with van der Waals surface area (Å²) in [5.41, 5.74) is 6.44. The number of nitrogens with two attached hydrogens (primary N) is 1. The van der Waals surface area contributed by atoms with Crippen LogP contribution in [0, 0.1) is 0 Å². The summed E-state index contributed by atoms with van der Waals surface area (Å²) in [5.74, 6) is -1.53. The Kier molecular flexibility index (Phi) is 3.89. The summed E-state index contributed by atoms with van der Waals surface area (Å²) >= 11 is 3.19. The van der Waals surface area contributed by atoms with Crippen LogP contribution in [0.3, 0.4) is 0 Å². The van der Waals surface area contributed by atoms with Gasteiger partial charge in [0.05, 0.1) is 0 Å². The molecule has 16 heavy (non-hydrogen) atoms. The van der Waals surface area contributed by atoms with E-state index in [0.29, 0.717) is 15.7 Å². The number of nitrogen functional groups attached to an aromatic ring is 1. The van der Waals surface area contributed by atoms with Crippen molar-refractivity contribution >= 4 is 33.5 Å². The SMILES string of the molecule is C[C@H](NC(=O)c1ccc(N)c(Br)c1)C(=O)O. The zero-order valence-electron chi connectivity index (χ0n) is 8.53. The maximum atomic E-state index is 11.6. The van der Waals surface area contributed by atoms with Gasteiger partial charge in [0.1, 0.15) is 6.04 Å². The van der Waals surface area contributed by atoms with Crippen molar-refractivity contribution in [3.63, 3.8) is 0 Å². The molecule has 1 aromatic rings. The molecule has 1 aromatic carbocycles. The zero-order valence-corrected chi connectivity index (χ0v) is 10.1. The summed E-state index contributed by atoms with van der Waals surface area (Å²) in [7, 11) is 0. The predicted molar refractivity (Wildman–Crippen MR) is 63.1 cm³/mol. The molecule has 5 nitrogen and oxygen atoms in total. The Bertz CT molecular complexity index is 434. The molecule has 1 amide bonds. The van der Waals surface area contributed by atoms with Crippen LogP contribution in [0.1, 0.15) is 17.3 Å². The molecule has 0 fully saturated rings. The van der Waals surface area contributed by atoms with Gasteiger partial charge in [-0.3, -0.25) is 9.59 Å². The number of benzene rings is 1. The van der Waals surface area contributed by atoms with Crippen LogP contribution >= 0.6 is 15.9 Å². The van der Waals surface area contributed by atoms with Crippen LogP contribution in [-0.2, 0) is 4.79 Å². The van der Waals surface area contributed by atoms with Gasteiger partial charge in [0.2, 0.25) is 0 Å². The smallest absolute Gasteiger partial charge is 0.325 e. The number of carbonyl (C=O) groups is 2. The van der Waals surface area contributed by atoms with E-state index in [1.54, 1.807) is 12.1 Å². The summed E-state index contributed by atoms with van der Waals surface area (Å²) in [6.45, 7) is 1.40. The minimum absolute atomic E-state index is 0.356. The average molecular weight is 287 g/mol. The van der Waals surface area contributed by atoms with Gasteiger partial charge in [-0.2, -0.15) is 0 Å². The molecule has 1 atom stereocenters. The number of amides is 1. The first-order valence-electron chi connectivity index (χ1n) is 4.50. The molecular formula is C10H11BrN2O3. The largest absolute Gasteiger partial charge is 0.480 e.